The van der Waals surface area contributed by atoms with E-state index in [1.54, 1.807) is 26.8 Å². The predicted octanol–water partition coefficient (Wildman–Crippen LogP) is 2.49. The van der Waals surface area contributed by atoms with Crippen LogP contribution in [0, 0.1) is 5.92 Å². The summed E-state index contributed by atoms with van der Waals surface area (Å²) in [6.45, 7) is 10.7. The number of aliphatic hydroxyl groups excluding tert-OH is 1. The molecule has 1 rings (SSSR count). The van der Waals surface area contributed by atoms with Crippen molar-refractivity contribution in [2.75, 3.05) is 0 Å². The van der Waals surface area contributed by atoms with Gasteiger partial charge in [-0.15, -0.1) is 6.58 Å². The van der Waals surface area contributed by atoms with E-state index >= 15 is 0 Å². The second kappa shape index (κ2) is 6.39. The van der Waals surface area contributed by atoms with Gasteiger partial charge in [-0.25, -0.2) is 9.69 Å². The van der Waals surface area contributed by atoms with Crippen molar-refractivity contribution in [3.63, 3.8) is 0 Å². The standard InChI is InChI=1S/C15H25NO4/c1-6-7-11-9-8-10(2)12(17)13(18)16(11)14(19)20-15(3,4)5/h6,10-12,17H,1,7-9H2,2-5H3/t10?,11?,12-/m1/s1. The highest BCUT2D eigenvalue weighted by molar-refractivity contribution is 5.95. The number of carbonyl (C=O) groups is 2. The molecule has 1 aliphatic rings. The van der Waals surface area contributed by atoms with Crippen LogP contribution >= 0.6 is 0 Å². The Labute approximate surface area is 120 Å². The topological polar surface area (TPSA) is 66.8 Å². The van der Waals surface area contributed by atoms with Gasteiger partial charge in [0.15, 0.2) is 0 Å². The van der Waals surface area contributed by atoms with Crippen LogP contribution < -0.4 is 0 Å². The van der Waals surface area contributed by atoms with Crippen molar-refractivity contribution < 1.29 is 19.4 Å². The minimum Gasteiger partial charge on any atom is -0.443 e. The molecule has 5 heteroatoms. The molecule has 1 heterocycles. The van der Waals surface area contributed by atoms with Crippen molar-refractivity contribution in [1.29, 1.82) is 0 Å². The molecular weight excluding hydrogens is 258 g/mol. The second-order valence-corrected chi connectivity index (χ2v) is 6.37. The third-order valence-corrected chi connectivity index (χ3v) is 3.38. The van der Waals surface area contributed by atoms with Gasteiger partial charge in [0.2, 0.25) is 0 Å². The maximum atomic E-state index is 12.3. The summed E-state index contributed by atoms with van der Waals surface area (Å²) in [7, 11) is 0. The Morgan fingerprint density at radius 1 is 1.50 bits per heavy atom. The van der Waals surface area contributed by atoms with Crippen molar-refractivity contribution in [3.05, 3.63) is 12.7 Å². The van der Waals surface area contributed by atoms with Crippen molar-refractivity contribution in [2.45, 2.75) is 64.7 Å². The summed E-state index contributed by atoms with van der Waals surface area (Å²) in [6, 6.07) is -0.297. The van der Waals surface area contributed by atoms with E-state index in [1.807, 2.05) is 6.92 Å². The van der Waals surface area contributed by atoms with E-state index < -0.39 is 23.7 Å². The van der Waals surface area contributed by atoms with Gasteiger partial charge in [0.05, 0.1) is 0 Å². The number of ether oxygens (including phenoxy) is 1. The zero-order valence-electron chi connectivity index (χ0n) is 12.8. The number of rotatable bonds is 2. The molecule has 0 saturated carbocycles. The molecule has 0 spiro atoms. The molecule has 0 aromatic rings. The SMILES string of the molecule is C=CCC1CCC(C)[C@@H](O)C(=O)N1C(=O)OC(C)(C)C. The number of nitrogens with zero attached hydrogens (tertiary/aromatic N) is 1. The summed E-state index contributed by atoms with van der Waals surface area (Å²) >= 11 is 0. The van der Waals surface area contributed by atoms with Crippen LogP contribution in [0.2, 0.25) is 0 Å². The highest BCUT2D eigenvalue weighted by Gasteiger charge is 2.40. The summed E-state index contributed by atoms with van der Waals surface area (Å²) in [4.78, 5) is 25.6. The predicted molar refractivity (Wildman–Crippen MR) is 76.1 cm³/mol. The summed E-state index contributed by atoms with van der Waals surface area (Å²) in [6.07, 6.45) is 1.67. The van der Waals surface area contributed by atoms with Gasteiger partial charge < -0.3 is 9.84 Å². The smallest absolute Gasteiger partial charge is 0.417 e. The largest absolute Gasteiger partial charge is 0.443 e. The van der Waals surface area contributed by atoms with Crippen LogP contribution in [0.15, 0.2) is 12.7 Å². The summed E-state index contributed by atoms with van der Waals surface area (Å²) in [5.41, 5.74) is -0.682. The van der Waals surface area contributed by atoms with Crippen LogP contribution in [0.1, 0.15) is 47.0 Å². The lowest BCUT2D eigenvalue weighted by molar-refractivity contribution is -0.142. The highest BCUT2D eigenvalue weighted by Crippen LogP contribution is 2.26. The Morgan fingerprint density at radius 3 is 2.60 bits per heavy atom. The zero-order chi connectivity index (χ0) is 15.5. The molecule has 0 aromatic heterocycles. The Kier molecular flexibility index (Phi) is 5.34. The van der Waals surface area contributed by atoms with Crippen LogP contribution in [-0.4, -0.2) is 39.8 Å². The first kappa shape index (κ1) is 16.7. The van der Waals surface area contributed by atoms with E-state index in [0.29, 0.717) is 19.3 Å². The maximum Gasteiger partial charge on any atom is 0.417 e. The normalized spacial score (nSPS) is 27.9. The van der Waals surface area contributed by atoms with Gasteiger partial charge in [-0.3, -0.25) is 4.79 Å². The number of likely N-dealkylation sites (tertiary alicyclic amines) is 1. The highest BCUT2D eigenvalue weighted by atomic mass is 16.6. The fourth-order valence-electron chi connectivity index (χ4n) is 2.27. The van der Waals surface area contributed by atoms with Gasteiger partial charge in [0.25, 0.3) is 5.91 Å². The first-order chi connectivity index (χ1) is 9.17. The Morgan fingerprint density at radius 2 is 2.10 bits per heavy atom. The van der Waals surface area contributed by atoms with Crippen molar-refractivity contribution >= 4 is 12.0 Å². The number of aliphatic hydroxyl groups is 1. The van der Waals surface area contributed by atoms with E-state index in [-0.39, 0.29) is 12.0 Å². The molecule has 2 unspecified atom stereocenters. The molecule has 0 bridgehead atoms. The van der Waals surface area contributed by atoms with Crippen molar-refractivity contribution in [3.8, 4) is 0 Å². The summed E-state index contributed by atoms with van der Waals surface area (Å²) in [5, 5.41) is 10.0. The zero-order valence-corrected chi connectivity index (χ0v) is 12.8. The average molecular weight is 283 g/mol. The van der Waals surface area contributed by atoms with Crippen LogP contribution in [0.4, 0.5) is 4.79 Å². The molecule has 1 fully saturated rings. The van der Waals surface area contributed by atoms with Crippen LogP contribution in [0.3, 0.4) is 0 Å². The van der Waals surface area contributed by atoms with Gasteiger partial charge in [0.1, 0.15) is 11.7 Å². The summed E-state index contributed by atoms with van der Waals surface area (Å²) in [5.74, 6) is -0.738. The second-order valence-electron chi connectivity index (χ2n) is 6.37. The molecule has 5 nitrogen and oxygen atoms in total. The van der Waals surface area contributed by atoms with Crippen molar-refractivity contribution in [1.82, 2.24) is 4.90 Å². The lowest BCUT2D eigenvalue weighted by Crippen LogP contribution is -2.49. The minimum atomic E-state index is -1.16. The lowest BCUT2D eigenvalue weighted by atomic mass is 9.98. The number of amides is 2. The molecule has 1 saturated heterocycles. The molecule has 3 atom stereocenters. The molecule has 20 heavy (non-hydrogen) atoms. The number of carbonyl (C=O) groups excluding carboxylic acids is 2. The van der Waals surface area contributed by atoms with Gasteiger partial charge in [-0.2, -0.15) is 0 Å². The molecule has 2 amide bonds. The van der Waals surface area contributed by atoms with Crippen LogP contribution in [0.5, 0.6) is 0 Å². The quantitative estimate of drug-likeness (QED) is 0.791. The first-order valence-electron chi connectivity index (χ1n) is 7.02. The lowest BCUT2D eigenvalue weighted by Gasteiger charge is -2.31. The molecule has 0 radical (unpaired) electrons. The monoisotopic (exact) mass is 283 g/mol. The molecular formula is C15H25NO4. The molecule has 0 aliphatic carbocycles. The molecule has 1 N–H and O–H groups in total. The van der Waals surface area contributed by atoms with Crippen LogP contribution in [0.25, 0.3) is 0 Å². The van der Waals surface area contributed by atoms with E-state index in [0.717, 1.165) is 4.90 Å². The Bertz CT molecular complexity index is 386. The number of hydrogen-bond donors (Lipinski definition) is 1. The Balaban J connectivity index is 3.02. The minimum absolute atomic E-state index is 0.165. The van der Waals surface area contributed by atoms with E-state index in [9.17, 15) is 14.7 Å². The van der Waals surface area contributed by atoms with E-state index in [4.69, 9.17) is 4.74 Å². The molecule has 0 aromatic carbocycles. The third-order valence-electron chi connectivity index (χ3n) is 3.38. The van der Waals surface area contributed by atoms with Crippen molar-refractivity contribution in [2.24, 2.45) is 5.92 Å². The van der Waals surface area contributed by atoms with Crippen LogP contribution in [-0.2, 0) is 9.53 Å². The van der Waals surface area contributed by atoms with Gasteiger partial charge in [0, 0.05) is 6.04 Å². The van der Waals surface area contributed by atoms with Gasteiger partial charge in [-0.1, -0.05) is 13.0 Å². The third kappa shape index (κ3) is 4.07. The van der Waals surface area contributed by atoms with E-state index in [2.05, 4.69) is 6.58 Å². The average Bonchev–Trinajstić information content (AvgIpc) is 2.40. The van der Waals surface area contributed by atoms with E-state index in [1.165, 1.54) is 0 Å². The first-order valence-corrected chi connectivity index (χ1v) is 7.02. The van der Waals surface area contributed by atoms with Gasteiger partial charge in [-0.05, 0) is 46.0 Å². The van der Waals surface area contributed by atoms with Gasteiger partial charge >= 0.3 is 6.09 Å². The maximum absolute atomic E-state index is 12.3. The Hall–Kier alpha value is -1.36. The molecule has 1 aliphatic heterocycles. The molecule has 114 valence electrons. The number of imide groups is 1. The summed E-state index contributed by atoms with van der Waals surface area (Å²) < 4.78 is 5.28. The fraction of sp³-hybridized carbons (Fsp3) is 0.733. The number of hydrogen-bond acceptors (Lipinski definition) is 4. The fourth-order valence-corrected chi connectivity index (χ4v) is 2.27.